The first-order valence-corrected chi connectivity index (χ1v) is 7.21. The van der Waals surface area contributed by atoms with Crippen LogP contribution in [0.4, 0.5) is 10.1 Å². The summed E-state index contributed by atoms with van der Waals surface area (Å²) >= 11 is 5.87. The van der Waals surface area contributed by atoms with Crippen LogP contribution in [0.1, 0.15) is 43.0 Å². The summed E-state index contributed by atoms with van der Waals surface area (Å²) in [5, 5.41) is 3.48. The number of rotatable bonds is 4. The lowest BCUT2D eigenvalue weighted by molar-refractivity contribution is 0.0527. The second kappa shape index (κ2) is 6.88. The zero-order valence-corrected chi connectivity index (χ0v) is 12.1. The molecule has 0 radical (unpaired) electrons. The number of aromatic nitrogens is 1. The number of nitrogens with one attached hydrogen (secondary N) is 1. The molecule has 1 fully saturated rings. The number of carbonyl (C=O) groups excluding carboxylic acids is 1. The number of alkyl halides is 1. The minimum absolute atomic E-state index is 0.00499. The molecule has 0 aliphatic heterocycles. The van der Waals surface area contributed by atoms with Crippen LogP contribution in [0.5, 0.6) is 0 Å². The lowest BCUT2D eigenvalue weighted by Gasteiger charge is -2.27. The minimum atomic E-state index is -0.787. The van der Waals surface area contributed by atoms with Gasteiger partial charge in [0.1, 0.15) is 16.9 Å². The van der Waals surface area contributed by atoms with Crippen molar-refractivity contribution in [3.8, 4) is 0 Å². The van der Waals surface area contributed by atoms with Gasteiger partial charge in [0, 0.05) is 12.2 Å². The van der Waals surface area contributed by atoms with E-state index >= 15 is 0 Å². The quantitative estimate of drug-likeness (QED) is 0.682. The lowest BCUT2D eigenvalue weighted by atomic mass is 9.93. The molecule has 2 rings (SSSR count). The number of halogens is 2. The van der Waals surface area contributed by atoms with Crippen LogP contribution in [0.25, 0.3) is 0 Å². The van der Waals surface area contributed by atoms with Gasteiger partial charge in [-0.25, -0.2) is 14.2 Å². The molecule has 0 bridgehead atoms. The van der Waals surface area contributed by atoms with E-state index in [4.69, 9.17) is 16.3 Å². The van der Waals surface area contributed by atoms with Gasteiger partial charge >= 0.3 is 5.97 Å². The van der Waals surface area contributed by atoms with Gasteiger partial charge in [-0.1, -0.05) is 11.6 Å². The topological polar surface area (TPSA) is 51.2 Å². The molecule has 1 unspecified atom stereocenters. The zero-order valence-electron chi connectivity index (χ0n) is 11.4. The Hall–Kier alpha value is -1.36. The molecular formula is C14H18ClFN2O2. The molecule has 0 amide bonds. The van der Waals surface area contributed by atoms with E-state index in [2.05, 4.69) is 10.3 Å². The van der Waals surface area contributed by atoms with Crippen LogP contribution in [-0.2, 0) is 4.74 Å². The van der Waals surface area contributed by atoms with Crippen LogP contribution in [0.3, 0.4) is 0 Å². The number of hydrogen-bond donors (Lipinski definition) is 1. The number of ether oxygens (including phenoxy) is 1. The average molecular weight is 301 g/mol. The van der Waals surface area contributed by atoms with E-state index < -0.39 is 12.1 Å². The van der Waals surface area contributed by atoms with E-state index in [0.717, 1.165) is 12.8 Å². The average Bonchev–Trinajstić information content (AvgIpc) is 2.39. The Labute approximate surface area is 122 Å². The molecule has 1 aliphatic rings. The van der Waals surface area contributed by atoms with E-state index in [1.807, 2.05) is 0 Å². The molecule has 1 aliphatic carbocycles. The highest BCUT2D eigenvalue weighted by molar-refractivity contribution is 6.29. The Morgan fingerprint density at radius 3 is 3.10 bits per heavy atom. The Morgan fingerprint density at radius 1 is 1.60 bits per heavy atom. The molecule has 1 N–H and O–H groups in total. The summed E-state index contributed by atoms with van der Waals surface area (Å²) in [6, 6.07) is 1.58. The summed E-state index contributed by atoms with van der Waals surface area (Å²) in [7, 11) is 0. The molecule has 110 valence electrons. The van der Waals surface area contributed by atoms with Crippen LogP contribution in [0, 0.1) is 0 Å². The van der Waals surface area contributed by atoms with Gasteiger partial charge in [0.25, 0.3) is 0 Å². The largest absolute Gasteiger partial charge is 0.462 e. The molecule has 0 aromatic carbocycles. The fourth-order valence-corrected chi connectivity index (χ4v) is 2.56. The van der Waals surface area contributed by atoms with Crippen LogP contribution in [0.15, 0.2) is 12.3 Å². The first kappa shape index (κ1) is 15.0. The summed E-state index contributed by atoms with van der Waals surface area (Å²) in [5.41, 5.74) is 0.889. The van der Waals surface area contributed by atoms with Crippen LogP contribution in [-0.4, -0.2) is 29.8 Å². The Morgan fingerprint density at radius 2 is 2.40 bits per heavy atom. The van der Waals surface area contributed by atoms with Gasteiger partial charge in [-0.05, 0) is 38.7 Å². The molecule has 20 heavy (non-hydrogen) atoms. The Kier molecular flexibility index (Phi) is 5.17. The fourth-order valence-electron chi connectivity index (χ4n) is 2.40. The molecule has 1 aromatic heterocycles. The van der Waals surface area contributed by atoms with Crippen molar-refractivity contribution in [3.63, 3.8) is 0 Å². The van der Waals surface area contributed by atoms with Crippen LogP contribution < -0.4 is 5.32 Å². The second-order valence-corrected chi connectivity index (χ2v) is 5.27. The van der Waals surface area contributed by atoms with Gasteiger partial charge in [-0.15, -0.1) is 0 Å². The van der Waals surface area contributed by atoms with Gasteiger partial charge in [-0.2, -0.15) is 0 Å². The highest BCUT2D eigenvalue weighted by atomic mass is 35.5. The monoisotopic (exact) mass is 300 g/mol. The van der Waals surface area contributed by atoms with Crippen molar-refractivity contribution in [1.29, 1.82) is 0 Å². The van der Waals surface area contributed by atoms with E-state index in [-0.39, 0.29) is 17.8 Å². The summed E-state index contributed by atoms with van der Waals surface area (Å²) < 4.78 is 18.4. The molecule has 1 aromatic rings. The van der Waals surface area contributed by atoms with Gasteiger partial charge in [0.05, 0.1) is 12.3 Å². The zero-order chi connectivity index (χ0) is 14.5. The van der Waals surface area contributed by atoms with Crippen LogP contribution >= 0.6 is 11.6 Å². The normalized spacial score (nSPS) is 22.4. The second-order valence-electron chi connectivity index (χ2n) is 4.88. The van der Waals surface area contributed by atoms with Crippen molar-refractivity contribution in [3.05, 3.63) is 23.0 Å². The molecule has 0 saturated heterocycles. The SMILES string of the molecule is CCOC(=O)c1cnc(Cl)cc1N[C@H]1CCCC(F)C1. The Balaban J connectivity index is 2.16. The number of carbonyl (C=O) groups is 1. The van der Waals surface area contributed by atoms with Crippen LogP contribution in [0.2, 0.25) is 5.15 Å². The van der Waals surface area contributed by atoms with Gasteiger partial charge < -0.3 is 10.1 Å². The van der Waals surface area contributed by atoms with E-state index in [1.165, 1.54) is 6.20 Å². The number of hydrogen-bond acceptors (Lipinski definition) is 4. The van der Waals surface area contributed by atoms with Crippen molar-refractivity contribution in [2.45, 2.75) is 44.8 Å². The first-order valence-electron chi connectivity index (χ1n) is 6.83. The maximum absolute atomic E-state index is 13.4. The smallest absolute Gasteiger partial charge is 0.341 e. The van der Waals surface area contributed by atoms with E-state index in [0.29, 0.717) is 24.1 Å². The van der Waals surface area contributed by atoms with E-state index in [1.54, 1.807) is 13.0 Å². The maximum atomic E-state index is 13.4. The molecule has 1 saturated carbocycles. The fraction of sp³-hybridized carbons (Fsp3) is 0.571. The van der Waals surface area contributed by atoms with Gasteiger partial charge in [-0.3, -0.25) is 0 Å². The molecule has 1 heterocycles. The number of esters is 1. The van der Waals surface area contributed by atoms with Crippen molar-refractivity contribution < 1.29 is 13.9 Å². The predicted octanol–water partition coefficient (Wildman–Crippen LogP) is 3.60. The standard InChI is InChI=1S/C14H18ClFN2O2/c1-2-20-14(19)11-8-17-13(15)7-12(11)18-10-5-3-4-9(16)6-10/h7-10H,2-6H2,1H3,(H,17,18)/t9?,10-/m0/s1. The minimum Gasteiger partial charge on any atom is -0.462 e. The van der Waals surface area contributed by atoms with Gasteiger partial charge in [0.2, 0.25) is 0 Å². The highest BCUT2D eigenvalue weighted by Crippen LogP contribution is 2.27. The maximum Gasteiger partial charge on any atom is 0.341 e. The third-order valence-corrected chi connectivity index (χ3v) is 3.54. The molecule has 4 nitrogen and oxygen atoms in total. The summed E-state index contributed by atoms with van der Waals surface area (Å²) in [6.07, 6.45) is 3.37. The van der Waals surface area contributed by atoms with Crippen molar-refractivity contribution in [2.75, 3.05) is 11.9 Å². The number of pyridine rings is 1. The third-order valence-electron chi connectivity index (χ3n) is 3.34. The summed E-state index contributed by atoms with van der Waals surface area (Å²) in [6.45, 7) is 2.03. The van der Waals surface area contributed by atoms with Gasteiger partial charge in [0.15, 0.2) is 0 Å². The van der Waals surface area contributed by atoms with Crippen molar-refractivity contribution >= 4 is 23.3 Å². The third kappa shape index (κ3) is 3.82. The molecular weight excluding hydrogens is 283 g/mol. The molecule has 6 heteroatoms. The van der Waals surface area contributed by atoms with Crippen molar-refractivity contribution in [2.24, 2.45) is 0 Å². The summed E-state index contributed by atoms with van der Waals surface area (Å²) in [5.74, 6) is -0.452. The highest BCUT2D eigenvalue weighted by Gasteiger charge is 2.23. The number of nitrogens with zero attached hydrogens (tertiary/aromatic N) is 1. The lowest BCUT2D eigenvalue weighted by Crippen LogP contribution is -2.29. The van der Waals surface area contributed by atoms with Crippen molar-refractivity contribution in [1.82, 2.24) is 4.98 Å². The molecule has 2 atom stereocenters. The first-order chi connectivity index (χ1) is 9.60. The van der Waals surface area contributed by atoms with E-state index in [9.17, 15) is 9.18 Å². The molecule has 0 spiro atoms. The number of anilines is 1. The predicted molar refractivity (Wildman–Crippen MR) is 76.0 cm³/mol. The summed E-state index contributed by atoms with van der Waals surface area (Å²) in [4.78, 5) is 15.8. The Bertz CT molecular complexity index is 484.